The number of piperidine rings is 1. The van der Waals surface area contributed by atoms with Crippen molar-refractivity contribution < 1.29 is 4.42 Å². The summed E-state index contributed by atoms with van der Waals surface area (Å²) in [6, 6.07) is 9.61. The number of aryl methyl sites for hydroxylation is 1. The summed E-state index contributed by atoms with van der Waals surface area (Å²) < 4.78 is 5.92. The molecule has 0 unspecified atom stereocenters. The molecule has 31 heavy (non-hydrogen) atoms. The highest BCUT2D eigenvalue weighted by Crippen LogP contribution is 2.26. The van der Waals surface area contributed by atoms with Gasteiger partial charge in [-0.25, -0.2) is 9.98 Å². The Balaban J connectivity index is 0.00000272. The Hall–Kier alpha value is -1.61. The largest absolute Gasteiger partial charge is 0.439 e. The van der Waals surface area contributed by atoms with Crippen LogP contribution in [0.3, 0.4) is 0 Å². The number of hydrogen-bond donors (Lipinski definition) is 2. The van der Waals surface area contributed by atoms with Crippen LogP contribution < -0.4 is 10.6 Å². The van der Waals surface area contributed by atoms with Crippen LogP contribution in [0.15, 0.2) is 39.9 Å². The smallest absolute Gasteiger partial charge is 0.216 e. The van der Waals surface area contributed by atoms with Gasteiger partial charge in [-0.15, -0.1) is 24.0 Å². The summed E-state index contributed by atoms with van der Waals surface area (Å²) in [7, 11) is 0. The second-order valence-corrected chi connectivity index (χ2v) is 8.57. The molecule has 1 saturated heterocycles. The lowest BCUT2D eigenvalue weighted by Crippen LogP contribution is -2.50. The molecule has 6 nitrogen and oxygen atoms in total. The van der Waals surface area contributed by atoms with Crippen molar-refractivity contribution in [3.05, 3.63) is 41.9 Å². The van der Waals surface area contributed by atoms with Crippen molar-refractivity contribution in [2.45, 2.75) is 71.0 Å². The van der Waals surface area contributed by atoms with Crippen LogP contribution in [0.4, 0.5) is 0 Å². The van der Waals surface area contributed by atoms with E-state index in [2.05, 4.69) is 58.6 Å². The summed E-state index contributed by atoms with van der Waals surface area (Å²) in [5.74, 6) is 2.28. The van der Waals surface area contributed by atoms with Crippen molar-refractivity contribution in [3.63, 3.8) is 0 Å². The molecule has 2 aliphatic rings. The Morgan fingerprint density at radius 3 is 2.52 bits per heavy atom. The van der Waals surface area contributed by atoms with E-state index < -0.39 is 0 Å². The highest BCUT2D eigenvalue weighted by molar-refractivity contribution is 14.0. The molecular weight excluding hydrogens is 501 g/mol. The van der Waals surface area contributed by atoms with Gasteiger partial charge >= 0.3 is 0 Å². The number of hydrogen-bond acceptors (Lipinski definition) is 4. The fraction of sp³-hybridized carbons (Fsp3) is 0.583. The molecule has 2 aromatic rings. The minimum atomic E-state index is 0. The number of likely N-dealkylation sites (tertiary alicyclic amines) is 1. The number of rotatable bonds is 6. The molecule has 2 fully saturated rings. The molecule has 170 valence electrons. The first-order chi connectivity index (χ1) is 14.7. The van der Waals surface area contributed by atoms with Crippen LogP contribution in [0.2, 0.25) is 0 Å². The molecule has 0 radical (unpaired) electrons. The predicted molar refractivity (Wildman–Crippen MR) is 137 cm³/mol. The fourth-order valence-electron chi connectivity index (χ4n) is 4.57. The molecule has 2 N–H and O–H groups in total. The number of aliphatic imine (C=N–C) groups is 1. The number of nitrogens with one attached hydrogen (secondary N) is 2. The van der Waals surface area contributed by atoms with Crippen molar-refractivity contribution in [2.75, 3.05) is 19.6 Å². The second kappa shape index (κ2) is 11.9. The quantitative estimate of drug-likeness (QED) is 0.317. The van der Waals surface area contributed by atoms with Crippen LogP contribution in [-0.2, 0) is 6.54 Å². The molecule has 1 aromatic carbocycles. The second-order valence-electron chi connectivity index (χ2n) is 8.57. The molecule has 0 amide bonds. The predicted octanol–water partition coefficient (Wildman–Crippen LogP) is 4.73. The van der Waals surface area contributed by atoms with Crippen molar-refractivity contribution in [2.24, 2.45) is 4.99 Å². The summed E-state index contributed by atoms with van der Waals surface area (Å²) in [6.45, 7) is 7.84. The highest BCUT2D eigenvalue weighted by atomic mass is 127. The maximum absolute atomic E-state index is 5.92. The van der Waals surface area contributed by atoms with Crippen LogP contribution in [-0.4, -0.2) is 47.6 Å². The average molecular weight is 537 g/mol. The highest BCUT2D eigenvalue weighted by Gasteiger charge is 2.27. The van der Waals surface area contributed by atoms with E-state index in [0.717, 1.165) is 29.9 Å². The Morgan fingerprint density at radius 1 is 1.13 bits per heavy atom. The van der Waals surface area contributed by atoms with E-state index in [1.807, 2.05) is 0 Å². The van der Waals surface area contributed by atoms with Gasteiger partial charge in [-0.1, -0.05) is 42.7 Å². The first-order valence-electron chi connectivity index (χ1n) is 11.5. The monoisotopic (exact) mass is 537 g/mol. The maximum atomic E-state index is 5.92. The zero-order valence-corrected chi connectivity index (χ0v) is 21.1. The fourth-order valence-corrected chi connectivity index (χ4v) is 4.57. The standard InChI is InChI=1S/C24H35N5O.HI/c1-3-25-24(28-20-12-14-29(15-13-20)21-6-4-5-7-21)27-17-23-26-16-22(30-23)19-10-8-18(2)9-11-19;/h8-11,16,20-21H,3-7,12-15,17H2,1-2H3,(H2,25,27,28);1H. The van der Waals surface area contributed by atoms with Gasteiger partial charge in [0, 0.05) is 37.3 Å². The number of nitrogens with zero attached hydrogens (tertiary/aromatic N) is 3. The molecule has 0 bridgehead atoms. The summed E-state index contributed by atoms with van der Waals surface area (Å²) in [4.78, 5) is 11.8. The maximum Gasteiger partial charge on any atom is 0.216 e. The van der Waals surface area contributed by atoms with Crippen LogP contribution in [0, 0.1) is 6.92 Å². The van der Waals surface area contributed by atoms with Crippen LogP contribution in [0.25, 0.3) is 11.3 Å². The topological polar surface area (TPSA) is 65.7 Å². The van der Waals surface area contributed by atoms with E-state index in [-0.39, 0.29) is 24.0 Å². The van der Waals surface area contributed by atoms with Gasteiger partial charge in [0.25, 0.3) is 0 Å². The Morgan fingerprint density at radius 2 is 1.84 bits per heavy atom. The Kier molecular flexibility index (Phi) is 9.19. The summed E-state index contributed by atoms with van der Waals surface area (Å²) in [5, 5.41) is 6.99. The molecule has 4 rings (SSSR count). The zero-order chi connectivity index (χ0) is 20.8. The number of aromatic nitrogens is 1. The molecule has 0 atom stereocenters. The lowest BCUT2D eigenvalue weighted by atomic mass is 10.0. The molecule has 7 heteroatoms. The first-order valence-corrected chi connectivity index (χ1v) is 11.5. The molecular formula is C24H36IN5O. The van der Waals surface area contributed by atoms with Gasteiger partial charge in [0.1, 0.15) is 6.54 Å². The Bertz CT molecular complexity index is 821. The average Bonchev–Trinajstić information content (AvgIpc) is 3.46. The SMILES string of the molecule is CCNC(=NCc1ncc(-c2ccc(C)cc2)o1)NC1CCN(C2CCCC2)CC1.I. The third kappa shape index (κ3) is 6.68. The third-order valence-corrected chi connectivity index (χ3v) is 6.32. The van der Waals surface area contributed by atoms with E-state index >= 15 is 0 Å². The lowest BCUT2D eigenvalue weighted by molar-refractivity contribution is 0.150. The lowest BCUT2D eigenvalue weighted by Gasteiger charge is -2.36. The normalized spacial score (nSPS) is 18.7. The van der Waals surface area contributed by atoms with E-state index in [0.29, 0.717) is 18.5 Å². The van der Waals surface area contributed by atoms with Gasteiger partial charge in [-0.3, -0.25) is 0 Å². The number of guanidine groups is 1. The van der Waals surface area contributed by atoms with E-state index in [4.69, 9.17) is 9.41 Å². The van der Waals surface area contributed by atoms with Crippen molar-refractivity contribution in [3.8, 4) is 11.3 Å². The Labute approximate surface area is 203 Å². The molecule has 0 spiro atoms. The van der Waals surface area contributed by atoms with Crippen LogP contribution >= 0.6 is 24.0 Å². The van der Waals surface area contributed by atoms with Gasteiger partial charge in [0.15, 0.2) is 11.7 Å². The first kappa shape index (κ1) is 24.0. The van der Waals surface area contributed by atoms with Gasteiger partial charge in [-0.05, 0) is 39.5 Å². The summed E-state index contributed by atoms with van der Waals surface area (Å²) >= 11 is 0. The van der Waals surface area contributed by atoms with E-state index in [1.165, 1.54) is 57.2 Å². The van der Waals surface area contributed by atoms with Crippen molar-refractivity contribution in [1.29, 1.82) is 0 Å². The van der Waals surface area contributed by atoms with E-state index in [9.17, 15) is 0 Å². The van der Waals surface area contributed by atoms with Crippen LogP contribution in [0.5, 0.6) is 0 Å². The van der Waals surface area contributed by atoms with Gasteiger partial charge in [0.2, 0.25) is 5.89 Å². The number of benzene rings is 1. The number of halogens is 1. The van der Waals surface area contributed by atoms with Gasteiger partial charge in [0.05, 0.1) is 6.20 Å². The molecule has 2 heterocycles. The van der Waals surface area contributed by atoms with Crippen LogP contribution in [0.1, 0.15) is 56.9 Å². The number of oxazole rings is 1. The van der Waals surface area contributed by atoms with Crippen molar-refractivity contribution in [1.82, 2.24) is 20.5 Å². The van der Waals surface area contributed by atoms with Gasteiger partial charge in [-0.2, -0.15) is 0 Å². The summed E-state index contributed by atoms with van der Waals surface area (Å²) in [5.41, 5.74) is 2.28. The third-order valence-electron chi connectivity index (χ3n) is 6.32. The minimum Gasteiger partial charge on any atom is -0.439 e. The van der Waals surface area contributed by atoms with Gasteiger partial charge < -0.3 is 20.0 Å². The zero-order valence-electron chi connectivity index (χ0n) is 18.8. The molecule has 1 aromatic heterocycles. The molecule has 1 aliphatic carbocycles. The van der Waals surface area contributed by atoms with Crippen molar-refractivity contribution >= 4 is 29.9 Å². The molecule has 1 aliphatic heterocycles. The molecule has 1 saturated carbocycles. The summed E-state index contributed by atoms with van der Waals surface area (Å²) in [6.07, 6.45) is 9.74. The van der Waals surface area contributed by atoms with E-state index in [1.54, 1.807) is 6.20 Å². The minimum absolute atomic E-state index is 0.